The fourth-order valence-corrected chi connectivity index (χ4v) is 3.23. The maximum Gasteiger partial charge on any atom is 0.126 e. The first-order chi connectivity index (χ1) is 11.6. The van der Waals surface area contributed by atoms with Crippen LogP contribution in [0.15, 0.2) is 30.5 Å². The number of nitrogens with zero attached hydrogens (tertiary/aromatic N) is 2. The van der Waals surface area contributed by atoms with Crippen molar-refractivity contribution in [1.82, 2.24) is 9.88 Å². The van der Waals surface area contributed by atoms with Gasteiger partial charge in [0.05, 0.1) is 11.1 Å². The fraction of sp³-hybridized carbons (Fsp3) is 0.421. The highest BCUT2D eigenvalue weighted by Gasteiger charge is 2.17. The van der Waals surface area contributed by atoms with Crippen LogP contribution in [0.2, 0.25) is 10.0 Å². The van der Waals surface area contributed by atoms with Crippen molar-refractivity contribution in [3.05, 3.63) is 57.2 Å². The van der Waals surface area contributed by atoms with Gasteiger partial charge >= 0.3 is 0 Å². The number of nitrogens with one attached hydrogen (secondary N) is 1. The molecule has 3 rings (SSSR count). The third-order valence-corrected chi connectivity index (χ3v) is 5.36. The van der Waals surface area contributed by atoms with Gasteiger partial charge in [-0.25, -0.2) is 4.98 Å². The van der Waals surface area contributed by atoms with E-state index in [1.165, 1.54) is 12.0 Å². The summed E-state index contributed by atoms with van der Waals surface area (Å²) in [4.78, 5) is 6.85. The van der Waals surface area contributed by atoms with Crippen LogP contribution in [0.25, 0.3) is 0 Å². The highest BCUT2D eigenvalue weighted by molar-refractivity contribution is 6.31. The SMILES string of the molecule is CC[C@@H](Nc1cc(CN2CCC2)c(Cl)cn1)c1ccc(Cl)c(C)c1. The van der Waals surface area contributed by atoms with Crippen LogP contribution in [0, 0.1) is 6.92 Å². The first-order valence-corrected chi connectivity index (χ1v) is 9.21. The lowest BCUT2D eigenvalue weighted by molar-refractivity contribution is 0.172. The normalized spacial score (nSPS) is 15.8. The molecule has 5 heteroatoms. The van der Waals surface area contributed by atoms with E-state index in [2.05, 4.69) is 40.3 Å². The molecule has 0 aliphatic carbocycles. The van der Waals surface area contributed by atoms with Crippen molar-refractivity contribution < 1.29 is 0 Å². The highest BCUT2D eigenvalue weighted by atomic mass is 35.5. The Hall–Kier alpha value is -1.29. The Labute approximate surface area is 154 Å². The van der Waals surface area contributed by atoms with E-state index >= 15 is 0 Å². The molecule has 0 spiro atoms. The molecule has 3 nitrogen and oxygen atoms in total. The van der Waals surface area contributed by atoms with E-state index in [9.17, 15) is 0 Å². The molecule has 1 saturated heterocycles. The van der Waals surface area contributed by atoms with Gasteiger partial charge < -0.3 is 5.32 Å². The zero-order chi connectivity index (χ0) is 17.1. The number of pyridine rings is 1. The highest BCUT2D eigenvalue weighted by Crippen LogP contribution is 2.27. The summed E-state index contributed by atoms with van der Waals surface area (Å²) in [7, 11) is 0. The Balaban J connectivity index is 1.77. The number of rotatable bonds is 6. The Morgan fingerprint density at radius 1 is 1.21 bits per heavy atom. The van der Waals surface area contributed by atoms with Crippen molar-refractivity contribution in [2.75, 3.05) is 18.4 Å². The molecule has 1 aliphatic heterocycles. The number of halogens is 2. The van der Waals surface area contributed by atoms with Gasteiger partial charge in [-0.1, -0.05) is 42.3 Å². The summed E-state index contributed by atoms with van der Waals surface area (Å²) in [6, 6.07) is 8.45. The second-order valence-electron chi connectivity index (χ2n) is 6.40. The number of hydrogen-bond acceptors (Lipinski definition) is 3. The standard InChI is InChI=1S/C19H23Cl2N3/c1-3-18(14-5-6-16(20)13(2)9-14)23-19-10-15(17(21)11-22-19)12-24-7-4-8-24/h5-6,9-11,18H,3-4,7-8,12H2,1-2H3,(H,22,23)/t18-/m1/s1. The molecule has 2 heterocycles. The topological polar surface area (TPSA) is 28.2 Å². The van der Waals surface area contributed by atoms with Crippen LogP contribution >= 0.6 is 23.2 Å². The van der Waals surface area contributed by atoms with Crippen molar-refractivity contribution >= 4 is 29.0 Å². The maximum atomic E-state index is 6.32. The third-order valence-electron chi connectivity index (χ3n) is 4.59. The van der Waals surface area contributed by atoms with Crippen molar-refractivity contribution in [3.63, 3.8) is 0 Å². The fourth-order valence-electron chi connectivity index (χ4n) is 2.95. The van der Waals surface area contributed by atoms with E-state index in [1.807, 2.05) is 13.0 Å². The van der Waals surface area contributed by atoms with Crippen molar-refractivity contribution in [2.24, 2.45) is 0 Å². The van der Waals surface area contributed by atoms with E-state index in [0.29, 0.717) is 0 Å². The van der Waals surface area contributed by atoms with E-state index < -0.39 is 0 Å². The average molecular weight is 364 g/mol. The summed E-state index contributed by atoms with van der Waals surface area (Å²) in [5.74, 6) is 0.870. The zero-order valence-corrected chi connectivity index (χ0v) is 15.7. The summed E-state index contributed by atoms with van der Waals surface area (Å²) >= 11 is 12.5. The predicted molar refractivity (Wildman–Crippen MR) is 102 cm³/mol. The van der Waals surface area contributed by atoms with Crippen LogP contribution in [-0.4, -0.2) is 23.0 Å². The molecule has 0 bridgehead atoms. The summed E-state index contributed by atoms with van der Waals surface area (Å²) < 4.78 is 0. The smallest absolute Gasteiger partial charge is 0.126 e. The lowest BCUT2D eigenvalue weighted by Gasteiger charge is -2.31. The van der Waals surface area contributed by atoms with Crippen LogP contribution < -0.4 is 5.32 Å². The summed E-state index contributed by atoms with van der Waals surface area (Å²) in [6.45, 7) is 7.40. The second kappa shape index (κ2) is 7.73. The quantitative estimate of drug-likeness (QED) is 0.737. The van der Waals surface area contributed by atoms with Gasteiger partial charge in [-0.2, -0.15) is 0 Å². The Kier molecular flexibility index (Phi) is 5.65. The molecule has 1 atom stereocenters. The van der Waals surface area contributed by atoms with E-state index in [1.54, 1.807) is 6.20 Å². The van der Waals surface area contributed by atoms with Gasteiger partial charge in [-0.15, -0.1) is 0 Å². The van der Waals surface area contributed by atoms with Gasteiger partial charge in [0.1, 0.15) is 5.82 Å². The molecule has 1 aromatic carbocycles. The van der Waals surface area contributed by atoms with Gasteiger partial charge in [0.15, 0.2) is 0 Å². The van der Waals surface area contributed by atoms with Gasteiger partial charge in [-0.3, -0.25) is 4.90 Å². The minimum absolute atomic E-state index is 0.200. The van der Waals surface area contributed by atoms with Crippen LogP contribution in [0.5, 0.6) is 0 Å². The minimum atomic E-state index is 0.200. The summed E-state index contributed by atoms with van der Waals surface area (Å²) in [5.41, 5.74) is 3.45. The molecule has 128 valence electrons. The number of aryl methyl sites for hydroxylation is 1. The predicted octanol–water partition coefficient (Wildman–Crippen LogP) is 5.47. The molecule has 1 aromatic heterocycles. The average Bonchev–Trinajstić information content (AvgIpc) is 2.53. The molecule has 1 N–H and O–H groups in total. The van der Waals surface area contributed by atoms with Gasteiger partial charge in [0.2, 0.25) is 0 Å². The number of benzene rings is 1. The molecule has 0 radical (unpaired) electrons. The van der Waals surface area contributed by atoms with Gasteiger partial charge in [0.25, 0.3) is 0 Å². The van der Waals surface area contributed by atoms with Crippen LogP contribution in [0.4, 0.5) is 5.82 Å². The first-order valence-electron chi connectivity index (χ1n) is 8.46. The van der Waals surface area contributed by atoms with Gasteiger partial charge in [-0.05, 0) is 61.7 Å². The molecule has 0 saturated carbocycles. The van der Waals surface area contributed by atoms with Crippen molar-refractivity contribution in [1.29, 1.82) is 0 Å². The van der Waals surface area contributed by atoms with Gasteiger partial charge in [0, 0.05) is 17.8 Å². The van der Waals surface area contributed by atoms with Crippen LogP contribution in [0.1, 0.15) is 42.5 Å². The van der Waals surface area contributed by atoms with E-state index in [-0.39, 0.29) is 6.04 Å². The molecule has 1 aliphatic rings. The molecular formula is C19H23Cl2N3. The molecule has 24 heavy (non-hydrogen) atoms. The maximum absolute atomic E-state index is 6.32. The van der Waals surface area contributed by atoms with Crippen molar-refractivity contribution in [3.8, 4) is 0 Å². The summed E-state index contributed by atoms with van der Waals surface area (Å²) in [6.07, 6.45) is 3.99. The van der Waals surface area contributed by atoms with Crippen LogP contribution in [0.3, 0.4) is 0 Å². The van der Waals surface area contributed by atoms with Crippen LogP contribution in [-0.2, 0) is 6.54 Å². The Morgan fingerprint density at radius 3 is 2.62 bits per heavy atom. The second-order valence-corrected chi connectivity index (χ2v) is 7.22. The molecule has 0 amide bonds. The Bertz CT molecular complexity index is 714. The molecule has 2 aromatic rings. The Morgan fingerprint density at radius 2 is 2.00 bits per heavy atom. The lowest BCUT2D eigenvalue weighted by atomic mass is 10.0. The molecular weight excluding hydrogens is 341 g/mol. The number of aromatic nitrogens is 1. The van der Waals surface area contributed by atoms with E-state index in [4.69, 9.17) is 23.2 Å². The first kappa shape index (κ1) is 17.5. The third kappa shape index (κ3) is 4.02. The number of hydrogen-bond donors (Lipinski definition) is 1. The number of anilines is 1. The van der Waals surface area contributed by atoms with Crippen molar-refractivity contribution in [2.45, 2.75) is 39.3 Å². The molecule has 0 unspecified atom stereocenters. The lowest BCUT2D eigenvalue weighted by Crippen LogP contribution is -2.36. The van der Waals surface area contributed by atoms with E-state index in [0.717, 1.165) is 53.0 Å². The number of likely N-dealkylation sites (tertiary alicyclic amines) is 1. The monoisotopic (exact) mass is 363 g/mol. The molecule has 1 fully saturated rings. The summed E-state index contributed by atoms with van der Waals surface area (Å²) in [5, 5.41) is 5.08. The zero-order valence-electron chi connectivity index (χ0n) is 14.1. The minimum Gasteiger partial charge on any atom is -0.363 e. The largest absolute Gasteiger partial charge is 0.363 e.